The molecular weight excluding hydrogens is 166 g/mol. The summed E-state index contributed by atoms with van der Waals surface area (Å²) in [5, 5.41) is 12.3. The van der Waals surface area contributed by atoms with Gasteiger partial charge in [-0.05, 0) is 26.8 Å². The monoisotopic (exact) mass is 181 g/mol. The molecule has 0 fully saturated rings. The van der Waals surface area contributed by atoms with E-state index in [1.165, 1.54) is 0 Å². The average Bonchev–Trinajstić information content (AvgIpc) is 2.04. The van der Waals surface area contributed by atoms with Crippen LogP contribution in [-0.4, -0.2) is 27.2 Å². The van der Waals surface area contributed by atoms with Gasteiger partial charge >= 0.3 is 0 Å². The lowest BCUT2D eigenvalue weighted by molar-refractivity contribution is 0.177. The van der Waals surface area contributed by atoms with Gasteiger partial charge in [-0.3, -0.25) is 0 Å². The Balaban J connectivity index is 2.64. The van der Waals surface area contributed by atoms with Gasteiger partial charge in [-0.2, -0.15) is 0 Å². The van der Waals surface area contributed by atoms with E-state index < -0.39 is 6.10 Å². The topological polar surface area (TPSA) is 58.0 Å². The van der Waals surface area contributed by atoms with Crippen molar-refractivity contribution < 1.29 is 5.11 Å². The molecule has 0 aromatic carbocycles. The minimum Gasteiger partial charge on any atom is -0.391 e. The molecule has 0 aliphatic rings. The van der Waals surface area contributed by atoms with Crippen LogP contribution >= 0.6 is 0 Å². The van der Waals surface area contributed by atoms with E-state index in [4.69, 9.17) is 0 Å². The van der Waals surface area contributed by atoms with Crippen LogP contribution in [0.25, 0.3) is 0 Å². The maximum absolute atomic E-state index is 9.25. The van der Waals surface area contributed by atoms with Crippen molar-refractivity contribution in [1.29, 1.82) is 0 Å². The van der Waals surface area contributed by atoms with Crippen LogP contribution in [-0.2, 0) is 0 Å². The van der Waals surface area contributed by atoms with Gasteiger partial charge in [0, 0.05) is 6.20 Å². The second-order valence-corrected chi connectivity index (χ2v) is 3.16. The molecule has 1 aromatic rings. The van der Waals surface area contributed by atoms with Crippen LogP contribution in [0.2, 0.25) is 0 Å². The zero-order valence-corrected chi connectivity index (χ0v) is 8.15. The summed E-state index contributed by atoms with van der Waals surface area (Å²) in [6.45, 7) is 5.48. The Morgan fingerprint density at radius 1 is 1.46 bits per heavy atom. The third-order valence-electron chi connectivity index (χ3n) is 1.88. The highest BCUT2D eigenvalue weighted by molar-refractivity contribution is 5.34. The lowest BCUT2D eigenvalue weighted by Crippen LogP contribution is -2.28. The van der Waals surface area contributed by atoms with Crippen molar-refractivity contribution in [1.82, 2.24) is 9.97 Å². The summed E-state index contributed by atoms with van der Waals surface area (Å²) in [5.74, 6) is 1.48. The molecule has 2 N–H and O–H groups in total. The second-order valence-electron chi connectivity index (χ2n) is 3.16. The fourth-order valence-corrected chi connectivity index (χ4v) is 0.890. The van der Waals surface area contributed by atoms with Crippen molar-refractivity contribution in [2.24, 2.45) is 0 Å². The molecule has 1 rings (SSSR count). The molecule has 0 saturated heterocycles. The molecule has 2 unspecified atom stereocenters. The molecule has 0 bridgehead atoms. The number of aliphatic hydroxyl groups excluding tert-OH is 1. The molecule has 13 heavy (non-hydrogen) atoms. The molecule has 4 heteroatoms. The maximum atomic E-state index is 9.25. The van der Waals surface area contributed by atoms with E-state index >= 15 is 0 Å². The Morgan fingerprint density at radius 2 is 2.15 bits per heavy atom. The summed E-state index contributed by atoms with van der Waals surface area (Å²) >= 11 is 0. The predicted molar refractivity (Wildman–Crippen MR) is 51.5 cm³/mol. The molecule has 0 amide bonds. The van der Waals surface area contributed by atoms with Gasteiger partial charge in [0.05, 0.1) is 12.1 Å². The standard InChI is InChI=1S/C9H15N3O/c1-6(7(2)13)11-9-4-5-10-8(3)12-9/h4-7,13H,1-3H3,(H,10,11,12). The SMILES string of the molecule is Cc1nccc(NC(C)C(C)O)n1. The van der Waals surface area contributed by atoms with E-state index in [1.54, 1.807) is 19.2 Å². The van der Waals surface area contributed by atoms with Crippen LogP contribution in [0.4, 0.5) is 5.82 Å². The molecule has 0 saturated carbocycles. The predicted octanol–water partition coefficient (Wildman–Crippen LogP) is 0.966. The Labute approximate surface area is 78.0 Å². The number of nitrogens with zero attached hydrogens (tertiary/aromatic N) is 2. The summed E-state index contributed by atoms with van der Waals surface area (Å²) in [4.78, 5) is 8.14. The van der Waals surface area contributed by atoms with Crippen LogP contribution in [0.15, 0.2) is 12.3 Å². The number of aromatic nitrogens is 2. The van der Waals surface area contributed by atoms with E-state index in [9.17, 15) is 5.11 Å². The molecular formula is C9H15N3O. The Morgan fingerprint density at radius 3 is 2.69 bits per heavy atom. The van der Waals surface area contributed by atoms with Crippen LogP contribution in [0.1, 0.15) is 19.7 Å². The van der Waals surface area contributed by atoms with Gasteiger partial charge in [0.1, 0.15) is 11.6 Å². The minimum atomic E-state index is -0.393. The lowest BCUT2D eigenvalue weighted by Gasteiger charge is -2.16. The quantitative estimate of drug-likeness (QED) is 0.729. The van der Waals surface area contributed by atoms with Gasteiger partial charge in [-0.25, -0.2) is 9.97 Å². The first-order chi connectivity index (χ1) is 6.09. The molecule has 0 aliphatic carbocycles. The third kappa shape index (κ3) is 2.99. The van der Waals surface area contributed by atoms with Crippen molar-refractivity contribution in [2.75, 3.05) is 5.32 Å². The van der Waals surface area contributed by atoms with E-state index in [0.29, 0.717) is 0 Å². The molecule has 72 valence electrons. The van der Waals surface area contributed by atoms with Crippen molar-refractivity contribution in [2.45, 2.75) is 32.9 Å². The molecule has 0 aliphatic heterocycles. The highest BCUT2D eigenvalue weighted by Gasteiger charge is 2.08. The number of hydrogen-bond donors (Lipinski definition) is 2. The van der Waals surface area contributed by atoms with Crippen LogP contribution in [0.3, 0.4) is 0 Å². The van der Waals surface area contributed by atoms with Crippen molar-refractivity contribution in [3.05, 3.63) is 18.1 Å². The van der Waals surface area contributed by atoms with E-state index in [1.807, 2.05) is 13.8 Å². The first-order valence-electron chi connectivity index (χ1n) is 4.34. The first-order valence-corrected chi connectivity index (χ1v) is 4.34. The average molecular weight is 181 g/mol. The first kappa shape index (κ1) is 9.92. The molecule has 0 radical (unpaired) electrons. The maximum Gasteiger partial charge on any atom is 0.129 e. The van der Waals surface area contributed by atoms with E-state index in [2.05, 4.69) is 15.3 Å². The number of nitrogens with one attached hydrogen (secondary N) is 1. The highest BCUT2D eigenvalue weighted by Crippen LogP contribution is 2.05. The highest BCUT2D eigenvalue weighted by atomic mass is 16.3. The molecule has 1 aromatic heterocycles. The zero-order valence-electron chi connectivity index (χ0n) is 8.15. The van der Waals surface area contributed by atoms with Gasteiger partial charge < -0.3 is 10.4 Å². The Bertz CT molecular complexity index is 275. The van der Waals surface area contributed by atoms with Crippen molar-refractivity contribution in [3.63, 3.8) is 0 Å². The van der Waals surface area contributed by atoms with Gasteiger partial charge in [-0.15, -0.1) is 0 Å². The molecule has 4 nitrogen and oxygen atoms in total. The summed E-state index contributed by atoms with van der Waals surface area (Å²) in [6.07, 6.45) is 1.30. The van der Waals surface area contributed by atoms with Crippen LogP contribution < -0.4 is 5.32 Å². The smallest absolute Gasteiger partial charge is 0.129 e. The Kier molecular flexibility index (Phi) is 3.19. The number of hydrogen-bond acceptors (Lipinski definition) is 4. The number of aliphatic hydroxyl groups is 1. The van der Waals surface area contributed by atoms with Gasteiger partial charge in [0.25, 0.3) is 0 Å². The summed E-state index contributed by atoms with van der Waals surface area (Å²) < 4.78 is 0. The van der Waals surface area contributed by atoms with Gasteiger partial charge in [0.15, 0.2) is 0 Å². The molecule has 0 spiro atoms. The third-order valence-corrected chi connectivity index (χ3v) is 1.88. The van der Waals surface area contributed by atoms with Crippen LogP contribution in [0.5, 0.6) is 0 Å². The largest absolute Gasteiger partial charge is 0.391 e. The van der Waals surface area contributed by atoms with E-state index in [-0.39, 0.29) is 6.04 Å². The van der Waals surface area contributed by atoms with Crippen molar-refractivity contribution in [3.8, 4) is 0 Å². The fourth-order valence-electron chi connectivity index (χ4n) is 0.890. The molecule has 2 atom stereocenters. The number of anilines is 1. The normalized spacial score (nSPS) is 15.1. The number of aryl methyl sites for hydroxylation is 1. The summed E-state index contributed by atoms with van der Waals surface area (Å²) in [6, 6.07) is 1.78. The summed E-state index contributed by atoms with van der Waals surface area (Å²) in [5.41, 5.74) is 0. The molecule has 1 heterocycles. The van der Waals surface area contributed by atoms with Crippen LogP contribution in [0, 0.1) is 6.92 Å². The lowest BCUT2D eigenvalue weighted by atomic mass is 10.2. The minimum absolute atomic E-state index is 0.00528. The fraction of sp³-hybridized carbons (Fsp3) is 0.556. The Hall–Kier alpha value is -1.16. The number of rotatable bonds is 3. The van der Waals surface area contributed by atoms with E-state index in [0.717, 1.165) is 11.6 Å². The zero-order chi connectivity index (χ0) is 9.84. The van der Waals surface area contributed by atoms with Crippen molar-refractivity contribution >= 4 is 5.82 Å². The van der Waals surface area contributed by atoms with Gasteiger partial charge in [0.2, 0.25) is 0 Å². The summed E-state index contributed by atoms with van der Waals surface area (Å²) in [7, 11) is 0. The second kappa shape index (κ2) is 4.18. The van der Waals surface area contributed by atoms with Gasteiger partial charge in [-0.1, -0.05) is 0 Å².